The third-order valence-electron chi connectivity index (χ3n) is 5.15. The normalized spacial score (nSPS) is 17.0. The van der Waals surface area contributed by atoms with Gasteiger partial charge >= 0.3 is 0 Å². The molecule has 1 saturated heterocycles. The molecule has 0 aliphatic carbocycles. The van der Waals surface area contributed by atoms with E-state index in [2.05, 4.69) is 21.1 Å². The Hall–Kier alpha value is -2.96. The summed E-state index contributed by atoms with van der Waals surface area (Å²) in [6.07, 6.45) is 1.54. The Morgan fingerprint density at radius 3 is 2.89 bits per heavy atom. The minimum Gasteiger partial charge on any atom is -0.340 e. The molecule has 1 N–H and O–H groups in total. The molecule has 0 spiro atoms. The topological polar surface area (TPSA) is 83.9 Å². The van der Waals surface area contributed by atoms with E-state index in [1.165, 1.54) is 0 Å². The van der Waals surface area contributed by atoms with E-state index < -0.39 is 0 Å². The molecule has 4 rings (SSSR count). The third kappa shape index (κ3) is 3.49. The van der Waals surface area contributed by atoms with Crippen molar-refractivity contribution < 1.29 is 4.79 Å². The van der Waals surface area contributed by atoms with Gasteiger partial charge in [0.1, 0.15) is 5.69 Å². The van der Waals surface area contributed by atoms with Crippen molar-refractivity contribution in [1.29, 1.82) is 0 Å². The molecule has 7 heteroatoms. The summed E-state index contributed by atoms with van der Waals surface area (Å²) >= 11 is 0. The van der Waals surface area contributed by atoms with E-state index in [0.29, 0.717) is 24.2 Å². The summed E-state index contributed by atoms with van der Waals surface area (Å²) in [4.78, 5) is 33.9. The maximum absolute atomic E-state index is 12.6. The predicted octanol–water partition coefficient (Wildman–Crippen LogP) is 2.14. The molecule has 0 radical (unpaired) electrons. The standard InChI is InChI=1S/C20H23N5O2/c1-13-11-14(2)25(23-13)15-9-10-24(12-15)19(26)8-7-18-20(27)22-17-6-4-3-5-16(17)21-18/h3-6,11,15H,7-10,12H2,1-2H3,(H,22,27)/t15-/m1/s1. The molecular formula is C20H23N5O2. The number of amides is 1. The van der Waals surface area contributed by atoms with Gasteiger partial charge in [0.2, 0.25) is 5.91 Å². The van der Waals surface area contributed by atoms with E-state index in [4.69, 9.17) is 0 Å². The number of likely N-dealkylation sites (tertiary alicyclic amines) is 1. The van der Waals surface area contributed by atoms with Gasteiger partial charge in [0.05, 0.1) is 22.8 Å². The largest absolute Gasteiger partial charge is 0.340 e. The van der Waals surface area contributed by atoms with Crippen molar-refractivity contribution in [3.8, 4) is 0 Å². The average molecular weight is 365 g/mol. The fourth-order valence-electron chi connectivity index (χ4n) is 3.80. The summed E-state index contributed by atoms with van der Waals surface area (Å²) in [6, 6.07) is 9.70. The van der Waals surface area contributed by atoms with Crippen LogP contribution in [0.2, 0.25) is 0 Å². The summed E-state index contributed by atoms with van der Waals surface area (Å²) in [5.74, 6) is 0.0633. The van der Waals surface area contributed by atoms with Gasteiger partial charge in [-0.05, 0) is 38.5 Å². The van der Waals surface area contributed by atoms with Crippen LogP contribution >= 0.6 is 0 Å². The SMILES string of the molecule is Cc1cc(C)n([C@@H]2CCN(C(=O)CCc3nc4ccccc4[nH]c3=O)C2)n1. The maximum atomic E-state index is 12.6. The molecule has 1 amide bonds. The van der Waals surface area contributed by atoms with E-state index in [1.54, 1.807) is 0 Å². The monoisotopic (exact) mass is 365 g/mol. The molecule has 0 bridgehead atoms. The Morgan fingerprint density at radius 1 is 1.30 bits per heavy atom. The van der Waals surface area contributed by atoms with Crippen molar-refractivity contribution in [2.75, 3.05) is 13.1 Å². The number of hydrogen-bond acceptors (Lipinski definition) is 4. The number of para-hydroxylation sites is 2. The molecule has 1 fully saturated rings. The molecule has 2 aromatic heterocycles. The first-order chi connectivity index (χ1) is 13.0. The number of benzene rings is 1. The van der Waals surface area contributed by atoms with Crippen LogP contribution in [-0.4, -0.2) is 43.6 Å². The van der Waals surface area contributed by atoms with Crippen molar-refractivity contribution >= 4 is 16.9 Å². The van der Waals surface area contributed by atoms with Gasteiger partial charge in [0.15, 0.2) is 0 Å². The molecule has 0 unspecified atom stereocenters. The molecule has 27 heavy (non-hydrogen) atoms. The Bertz CT molecular complexity index is 1050. The van der Waals surface area contributed by atoms with E-state index in [0.717, 1.165) is 29.9 Å². The van der Waals surface area contributed by atoms with Gasteiger partial charge in [-0.15, -0.1) is 0 Å². The van der Waals surface area contributed by atoms with E-state index >= 15 is 0 Å². The number of hydrogen-bond donors (Lipinski definition) is 1. The zero-order valence-electron chi connectivity index (χ0n) is 15.6. The van der Waals surface area contributed by atoms with Crippen LogP contribution in [0.3, 0.4) is 0 Å². The highest BCUT2D eigenvalue weighted by Crippen LogP contribution is 2.23. The van der Waals surface area contributed by atoms with Crippen LogP contribution in [0.1, 0.15) is 36.0 Å². The second-order valence-corrected chi connectivity index (χ2v) is 7.18. The number of H-pyrrole nitrogens is 1. The van der Waals surface area contributed by atoms with Gasteiger partial charge in [-0.25, -0.2) is 4.98 Å². The molecule has 3 heterocycles. The highest BCUT2D eigenvalue weighted by atomic mass is 16.2. The first kappa shape index (κ1) is 17.5. The quantitative estimate of drug-likeness (QED) is 0.768. The third-order valence-corrected chi connectivity index (χ3v) is 5.15. The molecule has 1 aliphatic rings. The number of aromatic nitrogens is 4. The van der Waals surface area contributed by atoms with Gasteiger partial charge in [-0.1, -0.05) is 12.1 Å². The van der Waals surface area contributed by atoms with Gasteiger partial charge in [-0.2, -0.15) is 5.10 Å². The molecule has 7 nitrogen and oxygen atoms in total. The summed E-state index contributed by atoms with van der Waals surface area (Å²) in [5.41, 5.74) is 3.77. The number of rotatable bonds is 4. The van der Waals surface area contributed by atoms with Crippen LogP contribution in [0.25, 0.3) is 11.0 Å². The number of aromatic amines is 1. The zero-order valence-corrected chi connectivity index (χ0v) is 15.6. The van der Waals surface area contributed by atoms with E-state index in [1.807, 2.05) is 47.7 Å². The second-order valence-electron chi connectivity index (χ2n) is 7.18. The molecule has 1 aromatic carbocycles. The van der Waals surface area contributed by atoms with Gasteiger partial charge < -0.3 is 9.88 Å². The lowest BCUT2D eigenvalue weighted by atomic mass is 10.2. The van der Waals surface area contributed by atoms with Crippen molar-refractivity contribution in [2.45, 2.75) is 39.2 Å². The van der Waals surface area contributed by atoms with Crippen LogP contribution in [0.5, 0.6) is 0 Å². The van der Waals surface area contributed by atoms with Crippen LogP contribution in [0.15, 0.2) is 35.1 Å². The molecule has 140 valence electrons. The van der Waals surface area contributed by atoms with E-state index in [9.17, 15) is 9.59 Å². The predicted molar refractivity (Wildman–Crippen MR) is 103 cm³/mol. The van der Waals surface area contributed by atoms with Gasteiger partial charge in [0, 0.05) is 31.6 Å². The van der Waals surface area contributed by atoms with Crippen molar-refractivity contribution in [2.24, 2.45) is 0 Å². The Labute approximate surface area is 157 Å². The summed E-state index contributed by atoms with van der Waals surface area (Å²) in [7, 11) is 0. The van der Waals surface area contributed by atoms with Crippen molar-refractivity contribution in [1.82, 2.24) is 24.6 Å². The summed E-state index contributed by atoms with van der Waals surface area (Å²) in [6.45, 7) is 5.42. The zero-order chi connectivity index (χ0) is 19.0. The number of nitrogens with one attached hydrogen (secondary N) is 1. The minimum absolute atomic E-state index is 0.0633. The molecule has 1 atom stereocenters. The smallest absolute Gasteiger partial charge is 0.270 e. The number of carbonyl (C=O) groups is 1. The van der Waals surface area contributed by atoms with Gasteiger partial charge in [-0.3, -0.25) is 14.3 Å². The fraction of sp³-hybridized carbons (Fsp3) is 0.400. The lowest BCUT2D eigenvalue weighted by molar-refractivity contribution is -0.130. The number of carbonyl (C=O) groups excluding carboxylic acids is 1. The highest BCUT2D eigenvalue weighted by Gasteiger charge is 2.28. The maximum Gasteiger partial charge on any atom is 0.270 e. The highest BCUT2D eigenvalue weighted by molar-refractivity contribution is 5.77. The second kappa shape index (κ2) is 6.98. The first-order valence-electron chi connectivity index (χ1n) is 9.30. The first-order valence-corrected chi connectivity index (χ1v) is 9.30. The Balaban J connectivity index is 1.41. The van der Waals surface area contributed by atoms with Crippen LogP contribution in [-0.2, 0) is 11.2 Å². The Kier molecular flexibility index (Phi) is 4.51. The molecular weight excluding hydrogens is 342 g/mol. The number of aryl methyl sites for hydroxylation is 3. The molecule has 0 saturated carbocycles. The number of nitrogens with zero attached hydrogens (tertiary/aromatic N) is 4. The van der Waals surface area contributed by atoms with Gasteiger partial charge in [0.25, 0.3) is 5.56 Å². The minimum atomic E-state index is -0.219. The van der Waals surface area contributed by atoms with Crippen molar-refractivity contribution in [3.05, 3.63) is 57.8 Å². The molecule has 3 aromatic rings. The number of fused-ring (bicyclic) bond motifs is 1. The van der Waals surface area contributed by atoms with Crippen LogP contribution in [0, 0.1) is 13.8 Å². The Morgan fingerprint density at radius 2 is 2.11 bits per heavy atom. The van der Waals surface area contributed by atoms with Crippen LogP contribution < -0.4 is 5.56 Å². The lowest BCUT2D eigenvalue weighted by Gasteiger charge is -2.17. The van der Waals surface area contributed by atoms with Crippen LogP contribution in [0.4, 0.5) is 0 Å². The summed E-state index contributed by atoms with van der Waals surface area (Å²) < 4.78 is 2.03. The average Bonchev–Trinajstić information content (AvgIpc) is 3.26. The molecule has 1 aliphatic heterocycles. The fourth-order valence-corrected chi connectivity index (χ4v) is 3.80. The lowest BCUT2D eigenvalue weighted by Crippen LogP contribution is -2.30. The van der Waals surface area contributed by atoms with E-state index in [-0.39, 0.29) is 23.9 Å². The van der Waals surface area contributed by atoms with Crippen molar-refractivity contribution in [3.63, 3.8) is 0 Å². The summed E-state index contributed by atoms with van der Waals surface area (Å²) in [5, 5.41) is 4.54.